The number of anilines is 1. The highest BCUT2D eigenvalue weighted by molar-refractivity contribution is 5.91. The van der Waals surface area contributed by atoms with Crippen molar-refractivity contribution in [2.24, 2.45) is 0 Å². The lowest BCUT2D eigenvalue weighted by atomic mass is 10.1. The van der Waals surface area contributed by atoms with Crippen LogP contribution < -0.4 is 16.2 Å². The molecule has 0 aliphatic heterocycles. The number of hydrogen-bond acceptors (Lipinski definition) is 4. The molecule has 0 spiro atoms. The number of ether oxygens (including phenoxy) is 1. The number of methoxy groups -OCH3 is 1. The molecule has 0 bridgehead atoms. The van der Waals surface area contributed by atoms with Crippen molar-refractivity contribution in [3.8, 4) is 5.75 Å². The summed E-state index contributed by atoms with van der Waals surface area (Å²) in [5, 5.41) is 0. The molecule has 23 heavy (non-hydrogen) atoms. The number of nitrogens with one attached hydrogen (secondary N) is 1. The summed E-state index contributed by atoms with van der Waals surface area (Å²) in [6, 6.07) is 12.5. The van der Waals surface area contributed by atoms with Crippen LogP contribution in [0.5, 0.6) is 5.75 Å². The number of nitrogen functional groups attached to an aromatic ring is 1. The van der Waals surface area contributed by atoms with Gasteiger partial charge in [-0.2, -0.15) is 0 Å². The van der Waals surface area contributed by atoms with Gasteiger partial charge in [-0.1, -0.05) is 12.1 Å². The van der Waals surface area contributed by atoms with Crippen LogP contribution in [0.4, 0.5) is 5.69 Å². The third kappa shape index (κ3) is 2.96. The summed E-state index contributed by atoms with van der Waals surface area (Å²) in [5.41, 5.74) is 7.92. The molecule has 0 atom stereocenters. The van der Waals surface area contributed by atoms with E-state index in [1.54, 1.807) is 25.3 Å². The van der Waals surface area contributed by atoms with Crippen LogP contribution in [0, 0.1) is 0 Å². The van der Waals surface area contributed by atoms with Crippen LogP contribution in [0.1, 0.15) is 16.8 Å². The fourth-order valence-electron chi connectivity index (χ4n) is 2.52. The quantitative estimate of drug-likeness (QED) is 0.723. The Balaban J connectivity index is 1.81. The van der Waals surface area contributed by atoms with Crippen LogP contribution in [0.25, 0.3) is 11.0 Å². The monoisotopic (exact) mass is 311 g/mol. The fourth-order valence-corrected chi connectivity index (χ4v) is 2.52. The van der Waals surface area contributed by atoms with Gasteiger partial charge in [-0.15, -0.1) is 0 Å². The Kier molecular flexibility index (Phi) is 3.89. The molecule has 0 saturated heterocycles. The van der Waals surface area contributed by atoms with Crippen molar-refractivity contribution in [1.82, 2.24) is 9.55 Å². The van der Waals surface area contributed by atoms with Gasteiger partial charge in [0.05, 0.1) is 18.1 Å². The van der Waals surface area contributed by atoms with Gasteiger partial charge < -0.3 is 15.5 Å². The number of benzene rings is 2. The van der Waals surface area contributed by atoms with Gasteiger partial charge >= 0.3 is 5.69 Å². The highest BCUT2D eigenvalue weighted by atomic mass is 16.5. The fraction of sp³-hybridized carbons (Fsp3) is 0.176. The third-order valence-corrected chi connectivity index (χ3v) is 3.74. The first-order chi connectivity index (χ1) is 11.1. The van der Waals surface area contributed by atoms with Crippen molar-refractivity contribution in [3.63, 3.8) is 0 Å². The van der Waals surface area contributed by atoms with E-state index in [0.717, 1.165) is 15.9 Å². The Morgan fingerprint density at radius 3 is 2.65 bits per heavy atom. The van der Waals surface area contributed by atoms with Crippen molar-refractivity contribution in [2.45, 2.75) is 12.8 Å². The molecule has 3 rings (SSSR count). The van der Waals surface area contributed by atoms with Gasteiger partial charge in [0.25, 0.3) is 0 Å². The molecule has 3 N–H and O–H groups in total. The minimum absolute atomic E-state index is 0.230. The normalized spacial score (nSPS) is 10.8. The highest BCUT2D eigenvalue weighted by Crippen LogP contribution is 2.16. The zero-order valence-electron chi connectivity index (χ0n) is 12.7. The second-order valence-corrected chi connectivity index (χ2v) is 5.28. The van der Waals surface area contributed by atoms with Gasteiger partial charge in [0.15, 0.2) is 0 Å². The number of nitrogens with zero attached hydrogens (tertiary/aromatic N) is 1. The van der Waals surface area contributed by atoms with Crippen LogP contribution in [-0.4, -0.2) is 22.6 Å². The Hall–Kier alpha value is -3.02. The second-order valence-electron chi connectivity index (χ2n) is 5.28. The largest absolute Gasteiger partial charge is 0.497 e. The molecule has 0 aliphatic rings. The average molecular weight is 311 g/mol. The molecule has 0 fully saturated rings. The lowest BCUT2D eigenvalue weighted by Gasteiger charge is -2.05. The number of aryl methyl sites for hydroxylation is 1. The number of carbonyl (C=O) groups excluding carboxylic acids is 1. The maximum Gasteiger partial charge on any atom is 0.333 e. The van der Waals surface area contributed by atoms with E-state index in [0.29, 0.717) is 23.1 Å². The molecule has 3 aromatic rings. The first kappa shape index (κ1) is 14.9. The molecule has 6 heteroatoms. The van der Waals surface area contributed by atoms with Crippen molar-refractivity contribution in [2.75, 3.05) is 12.8 Å². The minimum atomic E-state index is -0.440. The molecule has 0 saturated carbocycles. The number of nitrogens with two attached hydrogens (primary N) is 1. The van der Waals surface area contributed by atoms with Gasteiger partial charge in [-0.25, -0.2) is 9.36 Å². The van der Waals surface area contributed by atoms with E-state index in [4.69, 9.17) is 10.5 Å². The van der Waals surface area contributed by atoms with Crippen LogP contribution >= 0.6 is 0 Å². The van der Waals surface area contributed by atoms with E-state index in [1.807, 2.05) is 24.3 Å². The van der Waals surface area contributed by atoms with Gasteiger partial charge in [-0.3, -0.25) is 4.79 Å². The number of fused-ring (bicyclic) bond motifs is 1. The SMILES string of the molecule is COc1ccc(CCC(=O)n2c(=O)[nH]c3ccc(N)cc32)cc1. The zero-order chi connectivity index (χ0) is 16.4. The lowest BCUT2D eigenvalue weighted by Crippen LogP contribution is -2.24. The molecular weight excluding hydrogens is 294 g/mol. The molecule has 1 heterocycles. The van der Waals surface area contributed by atoms with Crippen molar-refractivity contribution >= 4 is 22.6 Å². The number of aromatic nitrogens is 2. The van der Waals surface area contributed by atoms with Crippen LogP contribution in [-0.2, 0) is 6.42 Å². The predicted molar refractivity (Wildman–Crippen MR) is 88.9 cm³/mol. The molecule has 118 valence electrons. The molecule has 6 nitrogen and oxygen atoms in total. The summed E-state index contributed by atoms with van der Waals surface area (Å²) in [6.45, 7) is 0. The molecule has 0 amide bonds. The standard InChI is InChI=1S/C17H17N3O3/c1-23-13-6-2-11(3-7-13)4-9-16(21)20-15-10-12(18)5-8-14(15)19-17(20)22/h2-3,5-8,10H,4,9,18H2,1H3,(H,19,22). The Morgan fingerprint density at radius 1 is 1.22 bits per heavy atom. The molecule has 1 aromatic heterocycles. The highest BCUT2D eigenvalue weighted by Gasteiger charge is 2.14. The summed E-state index contributed by atoms with van der Waals surface area (Å²) >= 11 is 0. The van der Waals surface area contributed by atoms with Crippen LogP contribution in [0.3, 0.4) is 0 Å². The first-order valence-corrected chi connectivity index (χ1v) is 7.25. The Morgan fingerprint density at radius 2 is 1.96 bits per heavy atom. The number of rotatable bonds is 4. The zero-order valence-corrected chi connectivity index (χ0v) is 12.7. The Bertz CT molecular complexity index is 907. The summed E-state index contributed by atoms with van der Waals surface area (Å²) in [6.07, 6.45) is 0.776. The maximum absolute atomic E-state index is 12.4. The topological polar surface area (TPSA) is 90.1 Å². The minimum Gasteiger partial charge on any atom is -0.497 e. The summed E-state index contributed by atoms with van der Waals surface area (Å²) in [4.78, 5) is 27.1. The van der Waals surface area contributed by atoms with Gasteiger partial charge in [-0.05, 0) is 42.3 Å². The lowest BCUT2D eigenvalue weighted by molar-refractivity contribution is 0.0904. The summed E-state index contributed by atoms with van der Waals surface area (Å²) in [7, 11) is 1.60. The van der Waals surface area contributed by atoms with Crippen molar-refractivity contribution < 1.29 is 9.53 Å². The molecule has 0 unspecified atom stereocenters. The van der Waals surface area contributed by atoms with Gasteiger partial charge in [0, 0.05) is 12.1 Å². The Labute approximate surface area is 132 Å². The van der Waals surface area contributed by atoms with Crippen LogP contribution in [0.15, 0.2) is 47.3 Å². The first-order valence-electron chi connectivity index (χ1n) is 7.25. The van der Waals surface area contributed by atoms with E-state index in [-0.39, 0.29) is 12.3 Å². The number of hydrogen-bond donors (Lipinski definition) is 2. The van der Waals surface area contributed by atoms with E-state index < -0.39 is 5.69 Å². The van der Waals surface area contributed by atoms with E-state index in [1.165, 1.54) is 0 Å². The van der Waals surface area contributed by atoms with Gasteiger partial charge in [0.2, 0.25) is 5.91 Å². The number of H-pyrrole nitrogens is 1. The van der Waals surface area contributed by atoms with Crippen LogP contribution in [0.2, 0.25) is 0 Å². The van der Waals surface area contributed by atoms with E-state index in [9.17, 15) is 9.59 Å². The van der Waals surface area contributed by atoms with Crippen molar-refractivity contribution in [3.05, 3.63) is 58.5 Å². The molecule has 0 aliphatic carbocycles. The van der Waals surface area contributed by atoms with E-state index >= 15 is 0 Å². The maximum atomic E-state index is 12.4. The molecule has 0 radical (unpaired) electrons. The van der Waals surface area contributed by atoms with E-state index in [2.05, 4.69) is 4.98 Å². The predicted octanol–water partition coefficient (Wildman–Crippen LogP) is 2.19. The molecular formula is C17H17N3O3. The molecule has 2 aromatic carbocycles. The van der Waals surface area contributed by atoms with Crippen molar-refractivity contribution in [1.29, 1.82) is 0 Å². The number of imidazole rings is 1. The second kappa shape index (κ2) is 6.00. The number of carbonyl (C=O) groups is 1. The smallest absolute Gasteiger partial charge is 0.333 e. The third-order valence-electron chi connectivity index (χ3n) is 3.74. The number of aromatic amines is 1. The summed E-state index contributed by atoms with van der Waals surface area (Å²) < 4.78 is 6.25. The van der Waals surface area contributed by atoms with Gasteiger partial charge in [0.1, 0.15) is 5.75 Å². The average Bonchev–Trinajstić information content (AvgIpc) is 2.88. The summed E-state index contributed by atoms with van der Waals surface area (Å²) in [5.74, 6) is 0.506.